The van der Waals surface area contributed by atoms with Gasteiger partial charge in [-0.1, -0.05) is 18.2 Å². The number of ether oxygens (including phenoxy) is 1. The van der Waals surface area contributed by atoms with Crippen molar-refractivity contribution in [2.75, 3.05) is 12.4 Å². The fraction of sp³-hybridized carbons (Fsp3) is 0.154. The Kier molecular flexibility index (Phi) is 5.22. The minimum atomic E-state index is 0.627. The number of methoxy groups -OCH3 is 1. The fourth-order valence-electron chi connectivity index (χ4n) is 3.86. The lowest BCUT2D eigenvalue weighted by atomic mass is 10.1. The van der Waals surface area contributed by atoms with Crippen LogP contribution in [0.5, 0.6) is 5.75 Å². The first-order valence-electron chi connectivity index (χ1n) is 10.7. The average molecular weight is 437 g/mol. The van der Waals surface area contributed by atoms with E-state index >= 15 is 0 Å². The number of pyridine rings is 1. The molecule has 33 heavy (non-hydrogen) atoms. The van der Waals surface area contributed by atoms with Crippen LogP contribution in [0.15, 0.2) is 66.7 Å². The molecule has 0 spiro atoms. The first-order valence-corrected chi connectivity index (χ1v) is 10.7. The summed E-state index contributed by atoms with van der Waals surface area (Å²) in [7, 11) is 1.65. The molecule has 7 heteroatoms. The molecule has 0 aliphatic rings. The Balaban J connectivity index is 1.46. The number of nitrogens with zero attached hydrogens (tertiary/aromatic N) is 5. The highest BCUT2D eigenvalue weighted by molar-refractivity contribution is 5.85. The third-order valence-corrected chi connectivity index (χ3v) is 5.59. The number of hydrogen-bond acceptors (Lipinski definition) is 6. The topological polar surface area (TPSA) is 77.8 Å². The summed E-state index contributed by atoms with van der Waals surface area (Å²) in [4.78, 5) is 4.90. The number of anilines is 2. The number of fused-ring (bicyclic) bond motifs is 1. The molecule has 0 aliphatic heterocycles. The molecule has 2 aromatic carbocycles. The van der Waals surface area contributed by atoms with Crippen LogP contribution in [-0.2, 0) is 0 Å². The second-order valence-corrected chi connectivity index (χ2v) is 8.01. The normalized spacial score (nSPS) is 11.0. The highest BCUT2D eigenvalue weighted by Crippen LogP contribution is 2.26. The van der Waals surface area contributed by atoms with Gasteiger partial charge < -0.3 is 10.1 Å². The summed E-state index contributed by atoms with van der Waals surface area (Å²) in [5.41, 5.74) is 5.91. The van der Waals surface area contributed by atoms with Crippen molar-refractivity contribution in [2.24, 2.45) is 0 Å². The second kappa shape index (κ2) is 8.35. The molecule has 3 aromatic heterocycles. The Morgan fingerprint density at radius 1 is 0.848 bits per heavy atom. The number of aryl methyl sites for hydroxylation is 3. The molecule has 0 saturated heterocycles. The number of hydrogen-bond donors (Lipinski definition) is 1. The Morgan fingerprint density at radius 3 is 2.39 bits per heavy atom. The van der Waals surface area contributed by atoms with Crippen molar-refractivity contribution in [2.45, 2.75) is 20.8 Å². The molecule has 0 fully saturated rings. The first-order chi connectivity index (χ1) is 16.0. The predicted octanol–water partition coefficient (Wildman–Crippen LogP) is 5.55. The van der Waals surface area contributed by atoms with Gasteiger partial charge in [0.05, 0.1) is 24.0 Å². The van der Waals surface area contributed by atoms with Crippen molar-refractivity contribution in [3.05, 3.63) is 83.6 Å². The fourth-order valence-corrected chi connectivity index (χ4v) is 3.86. The molecule has 0 bridgehead atoms. The predicted molar refractivity (Wildman–Crippen MR) is 130 cm³/mol. The highest BCUT2D eigenvalue weighted by Gasteiger charge is 2.13. The van der Waals surface area contributed by atoms with Gasteiger partial charge in [-0.15, -0.1) is 10.2 Å². The van der Waals surface area contributed by atoms with Crippen molar-refractivity contribution in [3.8, 4) is 22.8 Å². The minimum absolute atomic E-state index is 0.627. The summed E-state index contributed by atoms with van der Waals surface area (Å²) in [6.45, 7) is 6.13. The molecule has 0 atom stereocenters. The lowest BCUT2D eigenvalue weighted by molar-refractivity contribution is 0.415. The average Bonchev–Trinajstić information content (AvgIpc) is 3.20. The monoisotopic (exact) mass is 436 g/mol. The van der Waals surface area contributed by atoms with Crippen molar-refractivity contribution >= 4 is 22.5 Å². The maximum atomic E-state index is 5.22. The Hall–Kier alpha value is -4.26. The summed E-state index contributed by atoms with van der Waals surface area (Å²) < 4.78 is 7.03. The van der Waals surface area contributed by atoms with Gasteiger partial charge >= 0.3 is 0 Å². The molecule has 164 valence electrons. The number of rotatable bonds is 5. The van der Waals surface area contributed by atoms with Gasteiger partial charge in [-0.25, -0.2) is 4.98 Å². The van der Waals surface area contributed by atoms with Crippen molar-refractivity contribution in [1.82, 2.24) is 25.0 Å². The van der Waals surface area contributed by atoms with Gasteiger partial charge in [0.2, 0.25) is 0 Å². The van der Waals surface area contributed by atoms with Crippen LogP contribution in [-0.4, -0.2) is 32.1 Å². The number of nitrogens with one attached hydrogen (secondary N) is 1. The summed E-state index contributed by atoms with van der Waals surface area (Å²) in [5.74, 6) is 2.97. The SMILES string of the molecule is COc1ccc(-c2ccc(Nc3cc(C)nn3-c3cc(C)c4cccc(C)c4n3)nn2)cc1. The zero-order valence-corrected chi connectivity index (χ0v) is 19.0. The van der Waals surface area contributed by atoms with Crippen molar-refractivity contribution in [1.29, 1.82) is 0 Å². The van der Waals surface area contributed by atoms with E-state index in [2.05, 4.69) is 58.7 Å². The zero-order chi connectivity index (χ0) is 22.9. The Morgan fingerprint density at radius 2 is 1.67 bits per heavy atom. The molecule has 0 unspecified atom stereocenters. The van der Waals surface area contributed by atoms with Gasteiger partial charge in [0.25, 0.3) is 0 Å². The van der Waals surface area contributed by atoms with Crippen LogP contribution in [0.4, 0.5) is 11.6 Å². The molecule has 5 rings (SSSR count). The quantitative estimate of drug-likeness (QED) is 0.389. The van der Waals surface area contributed by atoms with Gasteiger partial charge in [0, 0.05) is 17.0 Å². The maximum Gasteiger partial charge on any atom is 0.156 e. The van der Waals surface area contributed by atoms with Crippen molar-refractivity contribution in [3.63, 3.8) is 0 Å². The smallest absolute Gasteiger partial charge is 0.156 e. The zero-order valence-electron chi connectivity index (χ0n) is 19.0. The van der Waals surface area contributed by atoms with E-state index in [1.54, 1.807) is 7.11 Å². The standard InChI is InChI=1S/C26H24N6O/c1-16-6-5-7-21-17(2)14-24(28-26(16)21)32-25(15-18(3)31-32)27-23-13-12-22(29-30-23)19-8-10-20(33-4)11-9-19/h5-15H,1-4H3,(H,27,30). The van der Waals surface area contributed by atoms with E-state index in [-0.39, 0.29) is 0 Å². The molecule has 0 radical (unpaired) electrons. The molecule has 0 amide bonds. The van der Waals surface area contributed by atoms with Gasteiger partial charge in [-0.05, 0) is 74.4 Å². The molecule has 3 heterocycles. The Labute approximate surface area is 192 Å². The van der Waals surface area contributed by atoms with Crippen LogP contribution in [0.2, 0.25) is 0 Å². The van der Waals surface area contributed by atoms with Gasteiger partial charge in [0.15, 0.2) is 11.6 Å². The lowest BCUT2D eigenvalue weighted by Gasteiger charge is -2.12. The largest absolute Gasteiger partial charge is 0.497 e. The van der Waals surface area contributed by atoms with E-state index in [4.69, 9.17) is 9.72 Å². The summed E-state index contributed by atoms with van der Waals surface area (Å²) >= 11 is 0. The first kappa shape index (κ1) is 20.6. The molecule has 7 nitrogen and oxygen atoms in total. The molecule has 5 aromatic rings. The van der Waals surface area contributed by atoms with Crippen LogP contribution in [0.25, 0.3) is 28.0 Å². The lowest BCUT2D eigenvalue weighted by Crippen LogP contribution is -2.07. The maximum absolute atomic E-state index is 5.22. The van der Waals surface area contributed by atoms with Gasteiger partial charge in [-0.2, -0.15) is 9.78 Å². The molecular weight excluding hydrogens is 412 g/mol. The van der Waals surface area contributed by atoms with E-state index in [1.165, 1.54) is 0 Å². The number of benzene rings is 2. The van der Waals surface area contributed by atoms with E-state index in [0.29, 0.717) is 5.82 Å². The van der Waals surface area contributed by atoms with Crippen LogP contribution in [0.3, 0.4) is 0 Å². The Bertz CT molecular complexity index is 1440. The van der Waals surface area contributed by atoms with Crippen LogP contribution < -0.4 is 10.1 Å². The molecule has 0 aliphatic carbocycles. The highest BCUT2D eigenvalue weighted by atomic mass is 16.5. The van der Waals surface area contributed by atoms with Crippen molar-refractivity contribution < 1.29 is 4.74 Å². The van der Waals surface area contributed by atoms with Crippen LogP contribution in [0, 0.1) is 20.8 Å². The minimum Gasteiger partial charge on any atom is -0.497 e. The molecule has 1 N–H and O–H groups in total. The third-order valence-electron chi connectivity index (χ3n) is 5.59. The summed E-state index contributed by atoms with van der Waals surface area (Å²) in [6.07, 6.45) is 0. The van der Waals surface area contributed by atoms with Gasteiger partial charge in [-0.3, -0.25) is 0 Å². The molecular formula is C26H24N6O. The van der Waals surface area contributed by atoms with E-state index < -0.39 is 0 Å². The summed E-state index contributed by atoms with van der Waals surface area (Å²) in [5, 5.41) is 17.9. The molecule has 0 saturated carbocycles. The third kappa shape index (κ3) is 4.01. The van der Waals surface area contributed by atoms with E-state index in [9.17, 15) is 0 Å². The number of para-hydroxylation sites is 1. The van der Waals surface area contributed by atoms with E-state index in [0.717, 1.165) is 56.4 Å². The van der Waals surface area contributed by atoms with Crippen LogP contribution in [0.1, 0.15) is 16.8 Å². The van der Waals surface area contributed by atoms with Gasteiger partial charge in [0.1, 0.15) is 11.6 Å². The summed E-state index contributed by atoms with van der Waals surface area (Å²) in [6, 6.07) is 21.8. The van der Waals surface area contributed by atoms with Crippen LogP contribution >= 0.6 is 0 Å². The number of aromatic nitrogens is 5. The second-order valence-electron chi connectivity index (χ2n) is 8.01. The van der Waals surface area contributed by atoms with E-state index in [1.807, 2.05) is 54.1 Å².